The van der Waals surface area contributed by atoms with Crippen LogP contribution in [-0.4, -0.2) is 29.6 Å². The first-order valence-electron chi connectivity index (χ1n) is 8.30. The molecule has 1 atom stereocenters. The van der Waals surface area contributed by atoms with Gasteiger partial charge in [0.05, 0.1) is 18.1 Å². The Morgan fingerprint density at radius 2 is 2.16 bits per heavy atom. The summed E-state index contributed by atoms with van der Waals surface area (Å²) in [5.74, 6) is 0.214. The minimum atomic E-state index is -0.595. The number of ketones is 1. The van der Waals surface area contributed by atoms with Crippen LogP contribution in [0.15, 0.2) is 36.4 Å². The van der Waals surface area contributed by atoms with Crippen molar-refractivity contribution in [2.45, 2.75) is 38.1 Å². The Balaban J connectivity index is 1.74. The topological polar surface area (TPSA) is 72.5 Å². The van der Waals surface area contributed by atoms with Crippen LogP contribution in [0.5, 0.6) is 5.75 Å². The van der Waals surface area contributed by atoms with Crippen LogP contribution in [0.3, 0.4) is 0 Å². The lowest BCUT2D eigenvalue weighted by atomic mass is 9.98. The molecule has 0 bridgehead atoms. The fourth-order valence-corrected chi connectivity index (χ4v) is 3.23. The second-order valence-electron chi connectivity index (χ2n) is 6.41. The highest BCUT2D eigenvalue weighted by molar-refractivity contribution is 7.14. The van der Waals surface area contributed by atoms with Gasteiger partial charge in [-0.2, -0.15) is 0 Å². The normalized spacial score (nSPS) is 13.4. The van der Waals surface area contributed by atoms with E-state index < -0.39 is 5.54 Å². The fraction of sp³-hybridized carbons (Fsp3) is 0.421. The number of hydrogen-bond acceptors (Lipinski definition) is 5. The smallest absolute Gasteiger partial charge is 0.172 e. The van der Waals surface area contributed by atoms with Crippen molar-refractivity contribution in [2.24, 2.45) is 5.73 Å². The summed E-state index contributed by atoms with van der Waals surface area (Å²) in [5, 5.41) is 9.18. The molecule has 4 nitrogen and oxygen atoms in total. The van der Waals surface area contributed by atoms with Gasteiger partial charge in [0.25, 0.3) is 0 Å². The van der Waals surface area contributed by atoms with E-state index in [-0.39, 0.29) is 18.2 Å². The summed E-state index contributed by atoms with van der Waals surface area (Å²) in [7, 11) is 0. The minimum absolute atomic E-state index is 0.0600. The Kier molecular flexibility index (Phi) is 7.11. The molecule has 3 N–H and O–H groups in total. The monoisotopic (exact) mass is 365 g/mol. The second-order valence-corrected chi connectivity index (χ2v) is 7.58. The van der Waals surface area contributed by atoms with E-state index in [2.05, 4.69) is 0 Å². The Morgan fingerprint density at radius 3 is 2.88 bits per heavy atom. The molecule has 2 aromatic rings. The quantitative estimate of drug-likeness (QED) is 0.499. The lowest BCUT2D eigenvalue weighted by Gasteiger charge is -2.20. The minimum Gasteiger partial charge on any atom is -0.493 e. The molecule has 1 heterocycles. The molecule has 0 aliphatic carbocycles. The average Bonchev–Trinajstić information content (AvgIpc) is 3.06. The highest BCUT2D eigenvalue weighted by Crippen LogP contribution is 2.22. The van der Waals surface area contributed by atoms with Crippen molar-refractivity contribution in [3.05, 3.63) is 52.0 Å². The molecule has 6 heteroatoms. The van der Waals surface area contributed by atoms with Gasteiger partial charge < -0.3 is 15.6 Å². The van der Waals surface area contributed by atoms with E-state index >= 15 is 0 Å². The van der Waals surface area contributed by atoms with Crippen LogP contribution < -0.4 is 10.5 Å². The Labute approximate surface area is 151 Å². The van der Waals surface area contributed by atoms with Crippen molar-refractivity contribution in [1.82, 2.24) is 0 Å². The van der Waals surface area contributed by atoms with Crippen LogP contribution in [0.25, 0.3) is 0 Å². The van der Waals surface area contributed by atoms with E-state index in [1.807, 2.05) is 19.1 Å². The van der Waals surface area contributed by atoms with Gasteiger partial charge >= 0.3 is 0 Å². The summed E-state index contributed by atoms with van der Waals surface area (Å²) in [6.07, 6.45) is 2.38. The highest BCUT2D eigenvalue weighted by Gasteiger charge is 2.17. The van der Waals surface area contributed by atoms with Crippen molar-refractivity contribution >= 4 is 17.1 Å². The van der Waals surface area contributed by atoms with Gasteiger partial charge in [-0.15, -0.1) is 11.3 Å². The number of aliphatic hydroxyl groups excluding tert-OH is 1. The molecule has 0 aliphatic heterocycles. The van der Waals surface area contributed by atoms with E-state index in [1.54, 1.807) is 12.1 Å². The summed E-state index contributed by atoms with van der Waals surface area (Å²) < 4.78 is 18.5. The predicted octanol–water partition coefficient (Wildman–Crippen LogP) is 3.57. The zero-order valence-electron chi connectivity index (χ0n) is 14.3. The van der Waals surface area contributed by atoms with Crippen molar-refractivity contribution in [1.29, 1.82) is 0 Å². The average molecular weight is 365 g/mol. The molecule has 0 aliphatic rings. The molecule has 0 saturated carbocycles. The van der Waals surface area contributed by atoms with Gasteiger partial charge in [0, 0.05) is 22.9 Å². The Morgan fingerprint density at radius 1 is 1.36 bits per heavy atom. The summed E-state index contributed by atoms with van der Waals surface area (Å²) >= 11 is 1.47. The second kappa shape index (κ2) is 9.08. The third kappa shape index (κ3) is 6.57. The van der Waals surface area contributed by atoms with E-state index in [0.717, 1.165) is 16.2 Å². The summed E-state index contributed by atoms with van der Waals surface area (Å²) in [5.41, 5.74) is 5.32. The highest BCUT2D eigenvalue weighted by atomic mass is 32.1. The summed E-state index contributed by atoms with van der Waals surface area (Å²) in [4.78, 5) is 14.0. The number of hydrogen-bond donors (Lipinski definition) is 2. The number of halogens is 1. The first-order valence-corrected chi connectivity index (χ1v) is 9.11. The van der Waals surface area contributed by atoms with Gasteiger partial charge in [-0.3, -0.25) is 4.79 Å². The molecule has 136 valence electrons. The molecule has 0 fully saturated rings. The molecule has 1 aromatic heterocycles. The Bertz CT molecular complexity index is 699. The van der Waals surface area contributed by atoms with Crippen LogP contribution in [0.2, 0.25) is 0 Å². The number of carbonyl (C=O) groups is 1. The van der Waals surface area contributed by atoms with Crippen molar-refractivity contribution < 1.29 is 19.0 Å². The maximum absolute atomic E-state index is 13.0. The number of ether oxygens (including phenoxy) is 1. The van der Waals surface area contributed by atoms with Gasteiger partial charge in [0.1, 0.15) is 11.6 Å². The van der Waals surface area contributed by atoms with E-state index in [0.29, 0.717) is 31.6 Å². The first kappa shape index (κ1) is 19.6. The molecule has 0 amide bonds. The predicted molar refractivity (Wildman–Crippen MR) is 97.8 cm³/mol. The van der Waals surface area contributed by atoms with Crippen LogP contribution in [-0.2, 0) is 6.42 Å². The zero-order chi connectivity index (χ0) is 18.3. The molecule has 2 rings (SSSR count). The van der Waals surface area contributed by atoms with Gasteiger partial charge in [0.15, 0.2) is 5.78 Å². The van der Waals surface area contributed by atoms with E-state index in [4.69, 9.17) is 10.5 Å². The first-order chi connectivity index (χ1) is 11.9. The molecule has 25 heavy (non-hydrogen) atoms. The summed E-state index contributed by atoms with van der Waals surface area (Å²) in [6, 6.07) is 9.74. The third-order valence-corrected chi connectivity index (χ3v) is 5.04. The van der Waals surface area contributed by atoms with Crippen molar-refractivity contribution in [3.8, 4) is 5.75 Å². The molecule has 0 radical (unpaired) electrons. The number of carbonyl (C=O) groups excluding carboxylic acids is 1. The van der Waals surface area contributed by atoms with Gasteiger partial charge in [-0.25, -0.2) is 4.39 Å². The molecular formula is C19H24FNO3S. The maximum Gasteiger partial charge on any atom is 0.172 e. The molecule has 0 spiro atoms. The van der Waals surface area contributed by atoms with Crippen molar-refractivity contribution in [2.75, 3.05) is 13.2 Å². The van der Waals surface area contributed by atoms with Gasteiger partial charge in [0.2, 0.25) is 0 Å². The molecule has 1 unspecified atom stereocenters. The van der Waals surface area contributed by atoms with Crippen LogP contribution in [0.1, 0.15) is 40.7 Å². The maximum atomic E-state index is 13.0. The van der Waals surface area contributed by atoms with E-state index in [1.165, 1.54) is 23.5 Å². The lowest BCUT2D eigenvalue weighted by molar-refractivity contribution is 0.0977. The van der Waals surface area contributed by atoms with Gasteiger partial charge in [-0.1, -0.05) is 6.07 Å². The Hall–Kier alpha value is -1.76. The molecular weight excluding hydrogens is 341 g/mol. The van der Waals surface area contributed by atoms with Crippen LogP contribution in [0.4, 0.5) is 4.39 Å². The number of aryl methyl sites for hydroxylation is 1. The number of rotatable bonds is 10. The number of thiophene rings is 1. The van der Waals surface area contributed by atoms with Crippen LogP contribution in [0, 0.1) is 5.82 Å². The third-order valence-electron chi connectivity index (χ3n) is 3.85. The summed E-state index contributed by atoms with van der Waals surface area (Å²) in [6.45, 7) is 2.12. The molecule has 1 aromatic carbocycles. The lowest BCUT2D eigenvalue weighted by Crippen LogP contribution is -2.40. The van der Waals surface area contributed by atoms with E-state index in [9.17, 15) is 14.3 Å². The molecule has 0 saturated heterocycles. The number of benzene rings is 1. The van der Waals surface area contributed by atoms with Crippen LogP contribution >= 0.6 is 11.3 Å². The number of Topliss-reactive ketones (excluding diaryl/α,β-unsaturated/α-hetero) is 1. The fourth-order valence-electron chi connectivity index (χ4n) is 2.25. The largest absolute Gasteiger partial charge is 0.493 e. The SMILES string of the molecule is CC(N)(CO)CCc1ccc(C(=O)CCCOc2cccc(F)c2)s1. The zero-order valence-corrected chi connectivity index (χ0v) is 15.2. The number of nitrogens with two attached hydrogens (primary N) is 1. The standard InChI is InChI=1S/C19H24FNO3S/c1-19(21,13-22)10-9-16-7-8-18(25-16)17(23)6-3-11-24-15-5-2-4-14(20)12-15/h2,4-5,7-8,12,22H,3,6,9-11,13,21H2,1H3. The van der Waals surface area contributed by atoms with Gasteiger partial charge in [-0.05, 0) is 50.5 Å². The van der Waals surface area contributed by atoms with Crippen molar-refractivity contribution in [3.63, 3.8) is 0 Å². The number of aliphatic hydroxyl groups is 1.